The van der Waals surface area contributed by atoms with Crippen LogP contribution >= 0.6 is 0 Å². The summed E-state index contributed by atoms with van der Waals surface area (Å²) in [6, 6.07) is 1.35. The first-order chi connectivity index (χ1) is 9.43. The van der Waals surface area contributed by atoms with E-state index >= 15 is 0 Å². The monoisotopic (exact) mass is 282 g/mol. The second-order valence-electron chi connectivity index (χ2n) is 7.70. The van der Waals surface area contributed by atoms with Gasteiger partial charge in [0, 0.05) is 24.1 Å². The SMILES string of the molecule is CCN1CCC(NC2CC(OCC(C)C)C2(C)C)CC1. The van der Waals surface area contributed by atoms with Crippen LogP contribution in [0.5, 0.6) is 0 Å². The van der Waals surface area contributed by atoms with E-state index in [0.29, 0.717) is 24.1 Å². The molecular formula is C17H34N2O. The van der Waals surface area contributed by atoms with Gasteiger partial charge in [-0.2, -0.15) is 0 Å². The molecule has 20 heavy (non-hydrogen) atoms. The van der Waals surface area contributed by atoms with Gasteiger partial charge in [0.15, 0.2) is 0 Å². The summed E-state index contributed by atoms with van der Waals surface area (Å²) < 4.78 is 6.06. The highest BCUT2D eigenvalue weighted by Crippen LogP contribution is 2.43. The Labute approximate surface area is 125 Å². The topological polar surface area (TPSA) is 24.5 Å². The molecular weight excluding hydrogens is 248 g/mol. The first-order valence-electron chi connectivity index (χ1n) is 8.53. The lowest BCUT2D eigenvalue weighted by atomic mass is 9.64. The van der Waals surface area contributed by atoms with Crippen molar-refractivity contribution in [3.05, 3.63) is 0 Å². The van der Waals surface area contributed by atoms with Crippen LogP contribution in [0.1, 0.15) is 53.9 Å². The summed E-state index contributed by atoms with van der Waals surface area (Å²) in [7, 11) is 0. The van der Waals surface area contributed by atoms with Crippen LogP contribution in [0, 0.1) is 11.3 Å². The molecule has 1 heterocycles. The molecule has 1 saturated carbocycles. The molecule has 0 aromatic heterocycles. The molecule has 2 fully saturated rings. The Morgan fingerprint density at radius 3 is 2.40 bits per heavy atom. The lowest BCUT2D eigenvalue weighted by molar-refractivity contribution is -0.126. The van der Waals surface area contributed by atoms with E-state index in [-0.39, 0.29) is 5.41 Å². The van der Waals surface area contributed by atoms with Crippen LogP contribution in [-0.4, -0.2) is 49.3 Å². The predicted molar refractivity (Wildman–Crippen MR) is 85.0 cm³/mol. The van der Waals surface area contributed by atoms with Gasteiger partial charge < -0.3 is 15.0 Å². The van der Waals surface area contributed by atoms with Crippen molar-refractivity contribution in [1.82, 2.24) is 10.2 Å². The minimum Gasteiger partial charge on any atom is -0.377 e. The fourth-order valence-electron chi connectivity index (χ4n) is 3.46. The molecule has 2 atom stereocenters. The van der Waals surface area contributed by atoms with Crippen molar-refractivity contribution in [3.63, 3.8) is 0 Å². The highest BCUT2D eigenvalue weighted by atomic mass is 16.5. The molecule has 0 aromatic rings. The molecule has 1 saturated heterocycles. The smallest absolute Gasteiger partial charge is 0.0656 e. The normalized spacial score (nSPS) is 31.5. The first kappa shape index (κ1) is 16.3. The van der Waals surface area contributed by atoms with Crippen molar-refractivity contribution in [2.75, 3.05) is 26.2 Å². The molecule has 0 spiro atoms. The van der Waals surface area contributed by atoms with Gasteiger partial charge in [-0.05, 0) is 44.8 Å². The van der Waals surface area contributed by atoms with Crippen molar-refractivity contribution in [2.24, 2.45) is 11.3 Å². The molecule has 2 unspecified atom stereocenters. The Morgan fingerprint density at radius 1 is 1.25 bits per heavy atom. The van der Waals surface area contributed by atoms with E-state index < -0.39 is 0 Å². The Bertz CT molecular complexity index is 295. The number of rotatable bonds is 6. The summed E-state index contributed by atoms with van der Waals surface area (Å²) >= 11 is 0. The Balaban J connectivity index is 1.73. The second kappa shape index (κ2) is 6.76. The summed E-state index contributed by atoms with van der Waals surface area (Å²) in [6.45, 7) is 16.1. The summed E-state index contributed by atoms with van der Waals surface area (Å²) in [5.74, 6) is 0.635. The van der Waals surface area contributed by atoms with E-state index in [1.165, 1.54) is 38.9 Å². The average molecular weight is 282 g/mol. The summed E-state index contributed by atoms with van der Waals surface area (Å²) in [5.41, 5.74) is 0.288. The van der Waals surface area contributed by atoms with Gasteiger partial charge in [0.25, 0.3) is 0 Å². The quantitative estimate of drug-likeness (QED) is 0.811. The fraction of sp³-hybridized carbons (Fsp3) is 1.00. The van der Waals surface area contributed by atoms with Crippen molar-refractivity contribution in [1.29, 1.82) is 0 Å². The van der Waals surface area contributed by atoms with Gasteiger partial charge in [-0.15, -0.1) is 0 Å². The third kappa shape index (κ3) is 3.75. The first-order valence-corrected chi connectivity index (χ1v) is 8.53. The maximum atomic E-state index is 6.06. The van der Waals surface area contributed by atoms with Crippen LogP contribution in [0.15, 0.2) is 0 Å². The molecule has 0 radical (unpaired) electrons. The summed E-state index contributed by atoms with van der Waals surface area (Å²) in [6.07, 6.45) is 4.24. The van der Waals surface area contributed by atoms with Crippen molar-refractivity contribution in [2.45, 2.75) is 72.1 Å². The van der Waals surface area contributed by atoms with E-state index in [4.69, 9.17) is 4.74 Å². The molecule has 3 heteroatoms. The Hall–Kier alpha value is -0.120. The van der Waals surface area contributed by atoms with Gasteiger partial charge in [0.05, 0.1) is 6.10 Å². The van der Waals surface area contributed by atoms with Crippen LogP contribution in [0.3, 0.4) is 0 Å². The van der Waals surface area contributed by atoms with Crippen molar-refractivity contribution >= 4 is 0 Å². The maximum absolute atomic E-state index is 6.06. The average Bonchev–Trinajstić information content (AvgIpc) is 2.42. The van der Waals surface area contributed by atoms with Crippen LogP contribution in [0.25, 0.3) is 0 Å². The third-order valence-electron chi connectivity index (χ3n) is 5.28. The molecule has 0 aromatic carbocycles. The lowest BCUT2D eigenvalue weighted by Crippen LogP contribution is -2.63. The molecule has 1 N–H and O–H groups in total. The second-order valence-corrected chi connectivity index (χ2v) is 7.70. The zero-order chi connectivity index (χ0) is 14.8. The zero-order valence-corrected chi connectivity index (χ0v) is 14.1. The molecule has 2 aliphatic rings. The summed E-state index contributed by atoms with van der Waals surface area (Å²) in [4.78, 5) is 2.55. The number of likely N-dealkylation sites (tertiary alicyclic amines) is 1. The largest absolute Gasteiger partial charge is 0.377 e. The molecule has 0 bridgehead atoms. The molecule has 1 aliphatic carbocycles. The number of hydrogen-bond acceptors (Lipinski definition) is 3. The highest BCUT2D eigenvalue weighted by molar-refractivity contribution is 5.04. The number of ether oxygens (including phenoxy) is 1. The van der Waals surface area contributed by atoms with E-state index in [2.05, 4.69) is 44.8 Å². The van der Waals surface area contributed by atoms with E-state index in [9.17, 15) is 0 Å². The number of nitrogens with one attached hydrogen (secondary N) is 1. The number of piperidine rings is 1. The lowest BCUT2D eigenvalue weighted by Gasteiger charge is -2.53. The molecule has 3 nitrogen and oxygen atoms in total. The van der Waals surface area contributed by atoms with Crippen LogP contribution in [0.4, 0.5) is 0 Å². The third-order valence-corrected chi connectivity index (χ3v) is 5.28. The van der Waals surface area contributed by atoms with Crippen LogP contribution < -0.4 is 5.32 Å². The highest BCUT2D eigenvalue weighted by Gasteiger charge is 2.49. The maximum Gasteiger partial charge on any atom is 0.0656 e. The number of nitrogens with zero attached hydrogens (tertiary/aromatic N) is 1. The minimum atomic E-state index is 0.288. The van der Waals surface area contributed by atoms with Gasteiger partial charge in [0.2, 0.25) is 0 Å². The van der Waals surface area contributed by atoms with Crippen LogP contribution in [-0.2, 0) is 4.74 Å². The fourth-order valence-corrected chi connectivity index (χ4v) is 3.46. The Morgan fingerprint density at radius 2 is 1.90 bits per heavy atom. The van der Waals surface area contributed by atoms with E-state index in [0.717, 1.165) is 6.61 Å². The predicted octanol–water partition coefficient (Wildman–Crippen LogP) is 2.90. The van der Waals surface area contributed by atoms with Crippen molar-refractivity contribution < 1.29 is 4.74 Å². The van der Waals surface area contributed by atoms with E-state index in [1.54, 1.807) is 0 Å². The molecule has 2 rings (SSSR count). The van der Waals surface area contributed by atoms with Gasteiger partial charge in [-0.25, -0.2) is 0 Å². The molecule has 0 amide bonds. The molecule has 1 aliphatic heterocycles. The molecule has 118 valence electrons. The summed E-state index contributed by atoms with van der Waals surface area (Å²) in [5, 5.41) is 3.90. The van der Waals surface area contributed by atoms with Gasteiger partial charge in [-0.3, -0.25) is 0 Å². The van der Waals surface area contributed by atoms with Gasteiger partial charge in [-0.1, -0.05) is 34.6 Å². The minimum absolute atomic E-state index is 0.288. The van der Waals surface area contributed by atoms with E-state index in [1.807, 2.05) is 0 Å². The number of hydrogen-bond donors (Lipinski definition) is 1. The Kier molecular flexibility index (Phi) is 5.49. The standard InChI is InChI=1S/C17H34N2O/c1-6-19-9-7-14(8-10-19)18-15-11-16(17(15,4)5)20-12-13(2)3/h13-16,18H,6-12H2,1-5H3. The van der Waals surface area contributed by atoms with Gasteiger partial charge >= 0.3 is 0 Å². The van der Waals surface area contributed by atoms with Crippen molar-refractivity contribution in [3.8, 4) is 0 Å². The zero-order valence-electron chi connectivity index (χ0n) is 14.1. The van der Waals surface area contributed by atoms with Gasteiger partial charge in [0.1, 0.15) is 0 Å². The van der Waals surface area contributed by atoms with Crippen LogP contribution in [0.2, 0.25) is 0 Å².